The van der Waals surface area contributed by atoms with Crippen LogP contribution < -0.4 is 9.88 Å². The van der Waals surface area contributed by atoms with Crippen LogP contribution >= 0.6 is 0 Å². The van der Waals surface area contributed by atoms with Gasteiger partial charge in [-0.2, -0.15) is 4.80 Å². The third-order valence-electron chi connectivity index (χ3n) is 4.32. The Morgan fingerprint density at radius 1 is 1.18 bits per heavy atom. The van der Waals surface area contributed by atoms with Crippen molar-refractivity contribution >= 4 is 10.0 Å². The Balaban J connectivity index is 1.89. The number of rotatable bonds is 7. The van der Waals surface area contributed by atoms with E-state index in [0.717, 1.165) is 36.0 Å². The van der Waals surface area contributed by atoms with Crippen molar-refractivity contribution in [3.8, 4) is 17.1 Å². The molecule has 0 aliphatic rings. The summed E-state index contributed by atoms with van der Waals surface area (Å²) in [5.74, 6) is -3.83. The van der Waals surface area contributed by atoms with E-state index < -0.39 is 57.2 Å². The second kappa shape index (κ2) is 8.64. The van der Waals surface area contributed by atoms with E-state index >= 15 is 4.39 Å². The fraction of sp³-hybridized carbons (Fsp3) is 0.278. The van der Waals surface area contributed by atoms with Crippen LogP contribution in [0.4, 0.5) is 22.0 Å². The molecule has 0 radical (unpaired) electrons. The largest absolute Gasteiger partial charge is 0.573 e. The maximum atomic E-state index is 15.0. The zero-order valence-corrected chi connectivity index (χ0v) is 17.5. The van der Waals surface area contributed by atoms with Crippen LogP contribution in [0.15, 0.2) is 36.4 Å². The van der Waals surface area contributed by atoms with Crippen LogP contribution in [0, 0.1) is 11.6 Å². The number of hydrogen-bond donors (Lipinski definition) is 2. The average molecular weight is 493 g/mol. The van der Waals surface area contributed by atoms with E-state index in [9.17, 15) is 31.1 Å². The Hall–Kier alpha value is -3.17. The number of alkyl halides is 3. The lowest BCUT2D eigenvalue weighted by Gasteiger charge is -2.23. The van der Waals surface area contributed by atoms with Gasteiger partial charge in [-0.05, 0) is 36.4 Å². The van der Waals surface area contributed by atoms with Gasteiger partial charge in [-0.1, -0.05) is 12.1 Å². The Morgan fingerprint density at radius 2 is 1.88 bits per heavy atom. The van der Waals surface area contributed by atoms with Crippen molar-refractivity contribution in [2.75, 3.05) is 5.75 Å². The van der Waals surface area contributed by atoms with Gasteiger partial charge >= 0.3 is 6.36 Å². The molecule has 1 unspecified atom stereocenters. The van der Waals surface area contributed by atoms with Crippen LogP contribution in [0.5, 0.6) is 5.75 Å². The molecular weight excluding hydrogens is 477 g/mol. The number of tetrazole rings is 1. The topological polar surface area (TPSA) is 133 Å². The van der Waals surface area contributed by atoms with Gasteiger partial charge < -0.3 is 9.84 Å². The molecule has 0 fully saturated rings. The number of ether oxygens (including phenoxy) is 1. The van der Waals surface area contributed by atoms with Crippen LogP contribution in [-0.4, -0.2) is 45.8 Å². The minimum atomic E-state index is -4.97. The number of aromatic nitrogens is 4. The lowest BCUT2D eigenvalue weighted by atomic mass is 9.95. The van der Waals surface area contributed by atoms with Gasteiger partial charge in [0.15, 0.2) is 0 Å². The van der Waals surface area contributed by atoms with Gasteiger partial charge in [0.1, 0.15) is 23.0 Å². The summed E-state index contributed by atoms with van der Waals surface area (Å²) in [5, 5.41) is 26.5. The fourth-order valence-electron chi connectivity index (χ4n) is 3.03. The average Bonchev–Trinajstić information content (AvgIpc) is 3.09. The SMILES string of the molecule is CC(O)(CS(N)(=O)=O)c1cccc(-c2nnn(Cc3cc(OC(F)(F)F)ccc3F)n2)c1F. The van der Waals surface area contributed by atoms with Crippen molar-refractivity contribution in [2.45, 2.75) is 25.4 Å². The maximum Gasteiger partial charge on any atom is 0.573 e. The van der Waals surface area contributed by atoms with Gasteiger partial charge in [0.25, 0.3) is 0 Å². The minimum absolute atomic E-state index is 0.258. The standard InChI is InChI=1S/C18H16F5N5O4S/c1-17(29,9-33(24,30)31)13-4-2-3-12(15(13)20)16-25-27-28(26-16)8-10-7-11(5-6-14(10)19)32-18(21,22)23/h2-7,29H,8-9H2,1H3,(H2,24,30,31). The van der Waals surface area contributed by atoms with Crippen LogP contribution in [-0.2, 0) is 22.2 Å². The Kier molecular flexibility index (Phi) is 6.41. The summed E-state index contributed by atoms with van der Waals surface area (Å²) in [6, 6.07) is 6.05. The Bertz CT molecular complexity index is 1280. The fourth-order valence-corrected chi connectivity index (χ4v) is 3.97. The van der Waals surface area contributed by atoms with Crippen LogP contribution in [0.2, 0.25) is 0 Å². The van der Waals surface area contributed by atoms with E-state index in [-0.39, 0.29) is 17.0 Å². The molecule has 0 spiro atoms. The molecule has 15 heteroatoms. The van der Waals surface area contributed by atoms with Crippen LogP contribution in [0.25, 0.3) is 11.4 Å². The first-order valence-corrected chi connectivity index (χ1v) is 10.7. The number of hydrogen-bond acceptors (Lipinski definition) is 7. The molecule has 0 saturated carbocycles. The lowest BCUT2D eigenvalue weighted by Crippen LogP contribution is -2.35. The quantitative estimate of drug-likeness (QED) is 0.482. The van der Waals surface area contributed by atoms with Gasteiger partial charge in [0.05, 0.1) is 17.9 Å². The first-order valence-electron chi connectivity index (χ1n) is 8.99. The highest BCUT2D eigenvalue weighted by atomic mass is 32.2. The van der Waals surface area contributed by atoms with E-state index in [2.05, 4.69) is 20.1 Å². The van der Waals surface area contributed by atoms with Crippen molar-refractivity contribution in [3.63, 3.8) is 0 Å². The summed E-state index contributed by atoms with van der Waals surface area (Å²) in [4.78, 5) is 0.805. The highest BCUT2D eigenvalue weighted by Gasteiger charge is 2.33. The highest BCUT2D eigenvalue weighted by Crippen LogP contribution is 2.30. The number of aliphatic hydroxyl groups is 1. The summed E-state index contributed by atoms with van der Waals surface area (Å²) < 4.78 is 92.7. The second-order valence-electron chi connectivity index (χ2n) is 7.19. The Morgan fingerprint density at radius 3 is 2.52 bits per heavy atom. The highest BCUT2D eigenvalue weighted by molar-refractivity contribution is 7.89. The monoisotopic (exact) mass is 493 g/mol. The van der Waals surface area contributed by atoms with Crippen molar-refractivity contribution in [1.82, 2.24) is 20.2 Å². The molecule has 0 aliphatic carbocycles. The number of halogens is 5. The minimum Gasteiger partial charge on any atom is -0.406 e. The molecule has 3 rings (SSSR count). The predicted octanol–water partition coefficient (Wildman–Crippen LogP) is 2.06. The molecule has 0 aliphatic heterocycles. The van der Waals surface area contributed by atoms with Gasteiger partial charge in [-0.25, -0.2) is 22.3 Å². The molecule has 0 amide bonds. The number of nitrogens with two attached hydrogens (primary N) is 1. The maximum absolute atomic E-state index is 15.0. The molecule has 3 aromatic rings. The van der Waals surface area contributed by atoms with Crippen LogP contribution in [0.1, 0.15) is 18.1 Å². The molecule has 178 valence electrons. The molecule has 1 heterocycles. The molecule has 0 saturated heterocycles. The summed E-state index contributed by atoms with van der Waals surface area (Å²) in [5.41, 5.74) is -3.09. The smallest absolute Gasteiger partial charge is 0.406 e. The van der Waals surface area contributed by atoms with Gasteiger partial charge in [-0.3, -0.25) is 0 Å². The van der Waals surface area contributed by atoms with E-state index in [1.54, 1.807) is 0 Å². The van der Waals surface area contributed by atoms with E-state index in [0.29, 0.717) is 0 Å². The normalized spacial score (nSPS) is 14.2. The molecule has 33 heavy (non-hydrogen) atoms. The predicted molar refractivity (Wildman–Crippen MR) is 103 cm³/mol. The van der Waals surface area contributed by atoms with Crippen molar-refractivity contribution in [3.05, 3.63) is 59.2 Å². The molecule has 1 aromatic heterocycles. The van der Waals surface area contributed by atoms with Crippen molar-refractivity contribution in [1.29, 1.82) is 0 Å². The third-order valence-corrected chi connectivity index (χ3v) is 5.28. The van der Waals surface area contributed by atoms with Gasteiger partial charge in [0, 0.05) is 11.1 Å². The molecule has 3 N–H and O–H groups in total. The third kappa shape index (κ3) is 6.21. The summed E-state index contributed by atoms with van der Waals surface area (Å²) >= 11 is 0. The number of sulfonamides is 1. The molecule has 1 atom stereocenters. The zero-order valence-electron chi connectivity index (χ0n) is 16.7. The Labute approximate surface area is 183 Å². The number of nitrogens with zero attached hydrogens (tertiary/aromatic N) is 4. The van der Waals surface area contributed by atoms with E-state index in [4.69, 9.17) is 5.14 Å². The van der Waals surface area contributed by atoms with E-state index in [1.165, 1.54) is 12.1 Å². The van der Waals surface area contributed by atoms with Gasteiger partial charge in [-0.15, -0.1) is 23.4 Å². The van der Waals surface area contributed by atoms with Crippen LogP contribution in [0.3, 0.4) is 0 Å². The van der Waals surface area contributed by atoms with E-state index in [1.807, 2.05) is 0 Å². The molecule has 0 bridgehead atoms. The number of primary sulfonamides is 1. The summed E-state index contributed by atoms with van der Waals surface area (Å²) in [7, 11) is -4.15. The van der Waals surface area contributed by atoms with Crippen molar-refractivity contribution in [2.24, 2.45) is 5.14 Å². The molecule has 2 aromatic carbocycles. The first-order chi connectivity index (χ1) is 15.1. The molecular formula is C18H16F5N5O4S. The van der Waals surface area contributed by atoms with Gasteiger partial charge in [0.2, 0.25) is 15.8 Å². The summed E-state index contributed by atoms with van der Waals surface area (Å²) in [6.45, 7) is 0.598. The second-order valence-corrected chi connectivity index (χ2v) is 8.81. The first kappa shape index (κ1) is 24.5. The summed E-state index contributed by atoms with van der Waals surface area (Å²) in [6.07, 6.45) is -4.97. The lowest BCUT2D eigenvalue weighted by molar-refractivity contribution is -0.274. The van der Waals surface area contributed by atoms with Crippen molar-refractivity contribution < 1.29 is 40.2 Å². The zero-order chi connectivity index (χ0) is 24.6. The number of benzene rings is 2. The molecule has 9 nitrogen and oxygen atoms in total.